The van der Waals surface area contributed by atoms with E-state index >= 15 is 0 Å². The van der Waals surface area contributed by atoms with E-state index in [1.165, 1.54) is 18.3 Å². The molecule has 1 heterocycles. The van der Waals surface area contributed by atoms with E-state index in [4.69, 9.17) is 0 Å². The zero-order valence-corrected chi connectivity index (χ0v) is 16.6. The molecule has 3 rings (SSSR count). The third-order valence-electron chi connectivity index (χ3n) is 4.11. The lowest BCUT2D eigenvalue weighted by molar-refractivity contribution is 0.0950. The fourth-order valence-electron chi connectivity index (χ4n) is 2.49. The first-order chi connectivity index (χ1) is 14.0. The summed E-state index contributed by atoms with van der Waals surface area (Å²) >= 11 is 0. The third-order valence-corrected chi connectivity index (χ3v) is 5.53. The van der Waals surface area contributed by atoms with Crippen molar-refractivity contribution in [1.82, 2.24) is 15.1 Å². The van der Waals surface area contributed by atoms with E-state index in [-0.39, 0.29) is 17.1 Å². The fraction of sp³-hybridized carbons (Fsp3) is 0.0952. The molecule has 0 aliphatic heterocycles. The lowest BCUT2D eigenvalue weighted by Crippen LogP contribution is -2.23. The van der Waals surface area contributed by atoms with Crippen LogP contribution in [0.2, 0.25) is 0 Å². The molecule has 2 aromatic carbocycles. The lowest BCUT2D eigenvalue weighted by Gasteiger charge is -2.08. The lowest BCUT2D eigenvalue weighted by atomic mass is 10.1. The van der Waals surface area contributed by atoms with Crippen molar-refractivity contribution in [1.29, 1.82) is 0 Å². The highest BCUT2D eigenvalue weighted by molar-refractivity contribution is 7.89. The van der Waals surface area contributed by atoms with Crippen LogP contribution in [0, 0.1) is 0 Å². The summed E-state index contributed by atoms with van der Waals surface area (Å²) in [5.41, 5.74) is 4.80. The van der Waals surface area contributed by atoms with Gasteiger partial charge in [-0.05, 0) is 42.3 Å². The monoisotopic (exact) mass is 408 g/mol. The number of pyridine rings is 1. The van der Waals surface area contributed by atoms with Gasteiger partial charge in [0.15, 0.2) is 0 Å². The first-order valence-corrected chi connectivity index (χ1v) is 10.3. The van der Waals surface area contributed by atoms with Crippen LogP contribution in [-0.2, 0) is 16.6 Å². The van der Waals surface area contributed by atoms with Crippen LogP contribution in [0.4, 0.5) is 0 Å². The molecule has 0 radical (unpaired) electrons. The minimum atomic E-state index is -3.63. The molecule has 0 bridgehead atoms. The average Bonchev–Trinajstić information content (AvgIpc) is 2.77. The Morgan fingerprint density at radius 3 is 2.31 bits per heavy atom. The maximum absolute atomic E-state index is 12.5. The van der Waals surface area contributed by atoms with Gasteiger partial charge in [0.05, 0.1) is 10.6 Å². The van der Waals surface area contributed by atoms with Crippen molar-refractivity contribution in [2.75, 3.05) is 0 Å². The summed E-state index contributed by atoms with van der Waals surface area (Å²) in [6.07, 6.45) is 1.52. The highest BCUT2D eigenvalue weighted by Crippen LogP contribution is 2.12. The minimum Gasteiger partial charge on any atom is -0.266 e. The number of hydrogen-bond acceptors (Lipinski definition) is 5. The van der Waals surface area contributed by atoms with Crippen molar-refractivity contribution >= 4 is 21.6 Å². The molecule has 0 saturated heterocycles. The second-order valence-corrected chi connectivity index (χ2v) is 7.95. The number of benzene rings is 2. The van der Waals surface area contributed by atoms with Crippen LogP contribution < -0.4 is 10.1 Å². The summed E-state index contributed by atoms with van der Waals surface area (Å²) in [5, 5.41) is 4.05. The topological polar surface area (TPSA) is 101 Å². The van der Waals surface area contributed by atoms with E-state index in [1.54, 1.807) is 37.3 Å². The SMILES string of the molecule is C/C(=N/NC(=O)c1ccccn1)c1ccc(S(=O)(=O)NCc2ccccc2)cc1. The number of carbonyl (C=O) groups excluding carboxylic acids is 1. The molecule has 1 aromatic heterocycles. The molecular weight excluding hydrogens is 388 g/mol. The van der Waals surface area contributed by atoms with E-state index in [2.05, 4.69) is 20.2 Å². The molecule has 2 N–H and O–H groups in total. The van der Waals surface area contributed by atoms with Crippen molar-refractivity contribution in [3.8, 4) is 0 Å². The number of nitrogens with one attached hydrogen (secondary N) is 2. The molecule has 8 heteroatoms. The van der Waals surface area contributed by atoms with Crippen molar-refractivity contribution in [3.63, 3.8) is 0 Å². The predicted octanol–water partition coefficient (Wildman–Crippen LogP) is 2.71. The van der Waals surface area contributed by atoms with Crippen LogP contribution >= 0.6 is 0 Å². The highest BCUT2D eigenvalue weighted by atomic mass is 32.2. The van der Waals surface area contributed by atoms with Gasteiger partial charge >= 0.3 is 0 Å². The van der Waals surface area contributed by atoms with Crippen molar-refractivity contribution < 1.29 is 13.2 Å². The molecule has 7 nitrogen and oxygen atoms in total. The molecular formula is C21H20N4O3S. The molecule has 0 unspecified atom stereocenters. The second-order valence-electron chi connectivity index (χ2n) is 6.19. The van der Waals surface area contributed by atoms with E-state index in [9.17, 15) is 13.2 Å². The van der Waals surface area contributed by atoms with Gasteiger partial charge in [-0.2, -0.15) is 5.10 Å². The van der Waals surface area contributed by atoms with Crippen LogP contribution in [0.15, 0.2) is 89.0 Å². The Bertz CT molecular complexity index is 1100. The first-order valence-electron chi connectivity index (χ1n) is 8.85. The van der Waals surface area contributed by atoms with Crippen molar-refractivity contribution in [2.45, 2.75) is 18.4 Å². The van der Waals surface area contributed by atoms with E-state index in [0.29, 0.717) is 11.3 Å². The number of nitrogens with zero attached hydrogens (tertiary/aromatic N) is 2. The van der Waals surface area contributed by atoms with Gasteiger partial charge in [0.1, 0.15) is 5.69 Å². The largest absolute Gasteiger partial charge is 0.289 e. The van der Waals surface area contributed by atoms with Crippen LogP contribution in [0.5, 0.6) is 0 Å². The van der Waals surface area contributed by atoms with Crippen LogP contribution in [0.3, 0.4) is 0 Å². The first kappa shape index (κ1) is 20.4. The summed E-state index contributed by atoms with van der Waals surface area (Å²) in [6.45, 7) is 1.93. The zero-order valence-electron chi connectivity index (χ0n) is 15.7. The summed E-state index contributed by atoms with van der Waals surface area (Å²) in [6, 6.07) is 20.6. The number of carbonyl (C=O) groups is 1. The molecule has 29 heavy (non-hydrogen) atoms. The average molecular weight is 408 g/mol. The fourth-order valence-corrected chi connectivity index (χ4v) is 3.50. The number of rotatable bonds is 7. The Kier molecular flexibility index (Phi) is 6.48. The van der Waals surface area contributed by atoms with Crippen LogP contribution in [0.1, 0.15) is 28.5 Å². The normalized spacial score (nSPS) is 11.8. The molecule has 148 valence electrons. The molecule has 0 aliphatic rings. The van der Waals surface area contributed by atoms with Gasteiger partial charge < -0.3 is 0 Å². The Labute approximate surface area is 169 Å². The molecule has 3 aromatic rings. The van der Waals surface area contributed by atoms with Gasteiger partial charge in [-0.1, -0.05) is 48.5 Å². The summed E-state index contributed by atoms with van der Waals surface area (Å²) in [7, 11) is -3.63. The third kappa shape index (κ3) is 5.56. The van der Waals surface area contributed by atoms with E-state index < -0.39 is 15.9 Å². The smallest absolute Gasteiger partial charge is 0.266 e. The number of aromatic nitrogens is 1. The summed E-state index contributed by atoms with van der Waals surface area (Å²) in [5.74, 6) is -0.422. The Morgan fingerprint density at radius 2 is 1.66 bits per heavy atom. The molecule has 0 saturated carbocycles. The standard InChI is InChI=1S/C21H20N4O3S/c1-16(24-25-21(26)20-9-5-6-14-22-20)18-10-12-19(13-11-18)29(27,28)23-15-17-7-3-2-4-8-17/h2-14,23H,15H2,1H3,(H,25,26)/b24-16-. The quantitative estimate of drug-likeness (QED) is 0.464. The maximum Gasteiger partial charge on any atom is 0.289 e. The maximum atomic E-state index is 12.5. The van der Waals surface area contributed by atoms with Gasteiger partial charge in [0, 0.05) is 12.7 Å². The summed E-state index contributed by atoms with van der Waals surface area (Å²) < 4.78 is 27.5. The number of amides is 1. The molecule has 0 aliphatic carbocycles. The highest BCUT2D eigenvalue weighted by Gasteiger charge is 2.14. The van der Waals surface area contributed by atoms with Gasteiger partial charge in [0.2, 0.25) is 10.0 Å². The Balaban J connectivity index is 1.64. The molecule has 1 amide bonds. The number of hydrogen-bond donors (Lipinski definition) is 2. The van der Waals surface area contributed by atoms with Gasteiger partial charge in [0.25, 0.3) is 5.91 Å². The second kappa shape index (κ2) is 9.22. The molecule has 0 fully saturated rings. The van der Waals surface area contributed by atoms with Crippen molar-refractivity contribution in [3.05, 3.63) is 95.8 Å². The minimum absolute atomic E-state index is 0.155. The van der Waals surface area contributed by atoms with Gasteiger partial charge in [-0.15, -0.1) is 0 Å². The zero-order chi connectivity index (χ0) is 20.7. The molecule has 0 spiro atoms. The molecule has 0 atom stereocenters. The van der Waals surface area contributed by atoms with Gasteiger partial charge in [-0.25, -0.2) is 18.6 Å². The predicted molar refractivity (Wildman–Crippen MR) is 111 cm³/mol. The Hall–Kier alpha value is -3.36. The van der Waals surface area contributed by atoms with E-state index in [1.807, 2.05) is 30.3 Å². The van der Waals surface area contributed by atoms with Gasteiger partial charge in [-0.3, -0.25) is 9.78 Å². The van der Waals surface area contributed by atoms with Crippen molar-refractivity contribution in [2.24, 2.45) is 5.10 Å². The number of hydrazone groups is 1. The van der Waals surface area contributed by atoms with Crippen LogP contribution in [-0.4, -0.2) is 25.0 Å². The Morgan fingerprint density at radius 1 is 0.966 bits per heavy atom. The number of sulfonamides is 1. The summed E-state index contributed by atoms with van der Waals surface area (Å²) in [4.78, 5) is 16.1. The van der Waals surface area contributed by atoms with E-state index in [0.717, 1.165) is 5.56 Å². The van der Waals surface area contributed by atoms with Crippen LogP contribution in [0.25, 0.3) is 0 Å².